The Morgan fingerprint density at radius 1 is 1.17 bits per heavy atom. The summed E-state index contributed by atoms with van der Waals surface area (Å²) in [6, 6.07) is 10.2. The molecule has 3 rings (SSSR count). The molecule has 0 saturated carbocycles. The minimum absolute atomic E-state index is 0.0259. The molecule has 29 heavy (non-hydrogen) atoms. The smallest absolute Gasteiger partial charge is 0.233 e. The van der Waals surface area contributed by atoms with Gasteiger partial charge in [0.05, 0.1) is 18.5 Å². The zero-order valence-electron chi connectivity index (χ0n) is 17.5. The van der Waals surface area contributed by atoms with Crippen LogP contribution in [0.2, 0.25) is 0 Å². The second kappa shape index (κ2) is 10.6. The Labute approximate surface area is 177 Å². The zero-order chi connectivity index (χ0) is 20.6. The average molecular weight is 418 g/mol. The summed E-state index contributed by atoms with van der Waals surface area (Å²) in [5.41, 5.74) is 1.22. The van der Waals surface area contributed by atoms with Gasteiger partial charge in [-0.2, -0.15) is 0 Å². The van der Waals surface area contributed by atoms with Crippen LogP contribution in [0, 0.1) is 5.92 Å². The van der Waals surface area contributed by atoms with Gasteiger partial charge in [0.1, 0.15) is 0 Å². The summed E-state index contributed by atoms with van der Waals surface area (Å²) in [5.74, 6) is 1.36. The number of aromatic nitrogens is 3. The molecule has 1 aromatic heterocycles. The van der Waals surface area contributed by atoms with Crippen molar-refractivity contribution in [1.29, 1.82) is 0 Å². The predicted molar refractivity (Wildman–Crippen MR) is 116 cm³/mol. The van der Waals surface area contributed by atoms with E-state index in [1.807, 2.05) is 25.1 Å². The van der Waals surface area contributed by atoms with E-state index < -0.39 is 0 Å². The molecule has 2 aromatic rings. The van der Waals surface area contributed by atoms with Crippen LogP contribution in [0.25, 0.3) is 0 Å². The van der Waals surface area contributed by atoms with Crippen LogP contribution in [0.15, 0.2) is 35.5 Å². The molecule has 1 aliphatic heterocycles. The SMILES string of the molecule is CC(C)Cn1c(S[C@H](C)C(=O)NCCc2ccccc2)nnc1N1CCOCC1. The van der Waals surface area contributed by atoms with E-state index in [9.17, 15) is 4.79 Å². The third-order valence-corrected chi connectivity index (χ3v) is 5.83. The molecule has 0 spiro atoms. The van der Waals surface area contributed by atoms with Crippen molar-refractivity contribution in [2.24, 2.45) is 5.92 Å². The number of anilines is 1. The second-order valence-electron chi connectivity index (χ2n) is 7.67. The van der Waals surface area contributed by atoms with Gasteiger partial charge < -0.3 is 15.0 Å². The highest BCUT2D eigenvalue weighted by molar-refractivity contribution is 8.00. The molecule has 1 amide bonds. The fourth-order valence-electron chi connectivity index (χ4n) is 3.22. The lowest BCUT2D eigenvalue weighted by Gasteiger charge is -2.28. The molecule has 7 nitrogen and oxygen atoms in total. The number of morpholine rings is 1. The van der Waals surface area contributed by atoms with E-state index in [2.05, 4.69) is 51.0 Å². The predicted octanol–water partition coefficient (Wildman–Crippen LogP) is 2.61. The molecule has 0 unspecified atom stereocenters. The van der Waals surface area contributed by atoms with Crippen molar-refractivity contribution in [1.82, 2.24) is 20.1 Å². The van der Waals surface area contributed by atoms with Crippen LogP contribution >= 0.6 is 11.8 Å². The maximum atomic E-state index is 12.6. The third kappa shape index (κ3) is 6.21. The summed E-state index contributed by atoms with van der Waals surface area (Å²) >= 11 is 1.47. The number of hydrogen-bond donors (Lipinski definition) is 1. The lowest BCUT2D eigenvalue weighted by molar-refractivity contribution is -0.120. The number of carbonyl (C=O) groups is 1. The Bertz CT molecular complexity index is 775. The maximum Gasteiger partial charge on any atom is 0.233 e. The molecule has 0 radical (unpaired) electrons. The normalized spacial score (nSPS) is 15.5. The Hall–Kier alpha value is -2.06. The van der Waals surface area contributed by atoms with Crippen LogP contribution in [-0.2, 0) is 22.5 Å². The Morgan fingerprint density at radius 2 is 1.90 bits per heavy atom. The minimum Gasteiger partial charge on any atom is -0.378 e. The summed E-state index contributed by atoms with van der Waals surface area (Å²) in [7, 11) is 0. The van der Waals surface area contributed by atoms with E-state index in [1.54, 1.807) is 0 Å². The third-order valence-electron chi connectivity index (χ3n) is 4.75. The van der Waals surface area contributed by atoms with Crippen molar-refractivity contribution in [3.05, 3.63) is 35.9 Å². The van der Waals surface area contributed by atoms with Crippen molar-refractivity contribution in [2.45, 2.75) is 44.1 Å². The first-order valence-electron chi connectivity index (χ1n) is 10.3. The van der Waals surface area contributed by atoms with Crippen molar-refractivity contribution in [3.8, 4) is 0 Å². The largest absolute Gasteiger partial charge is 0.378 e. The number of amides is 1. The quantitative estimate of drug-likeness (QED) is 0.633. The van der Waals surface area contributed by atoms with Gasteiger partial charge in [0.25, 0.3) is 0 Å². The van der Waals surface area contributed by atoms with Crippen molar-refractivity contribution in [2.75, 3.05) is 37.7 Å². The molecular weight excluding hydrogens is 386 g/mol. The van der Waals surface area contributed by atoms with Gasteiger partial charge in [-0.1, -0.05) is 55.9 Å². The molecule has 1 fully saturated rings. The molecule has 0 bridgehead atoms. The molecule has 1 atom stereocenters. The van der Waals surface area contributed by atoms with E-state index in [-0.39, 0.29) is 11.2 Å². The molecule has 1 aliphatic rings. The monoisotopic (exact) mass is 417 g/mol. The first-order valence-corrected chi connectivity index (χ1v) is 11.2. The summed E-state index contributed by atoms with van der Waals surface area (Å²) in [6.07, 6.45) is 0.828. The topological polar surface area (TPSA) is 72.3 Å². The van der Waals surface area contributed by atoms with Crippen LogP contribution in [0.3, 0.4) is 0 Å². The van der Waals surface area contributed by atoms with Gasteiger partial charge in [0.15, 0.2) is 5.16 Å². The molecular formula is C21H31N5O2S. The zero-order valence-corrected chi connectivity index (χ0v) is 18.3. The van der Waals surface area contributed by atoms with Crippen LogP contribution in [0.1, 0.15) is 26.3 Å². The molecule has 2 heterocycles. The lowest BCUT2D eigenvalue weighted by atomic mass is 10.1. The van der Waals surface area contributed by atoms with Crippen LogP contribution in [-0.4, -0.2) is 58.8 Å². The van der Waals surface area contributed by atoms with Gasteiger partial charge in [-0.3, -0.25) is 9.36 Å². The highest BCUT2D eigenvalue weighted by Crippen LogP contribution is 2.27. The van der Waals surface area contributed by atoms with Gasteiger partial charge >= 0.3 is 0 Å². The van der Waals surface area contributed by atoms with Crippen LogP contribution < -0.4 is 10.2 Å². The summed E-state index contributed by atoms with van der Waals surface area (Å²) < 4.78 is 7.60. The minimum atomic E-state index is -0.238. The van der Waals surface area contributed by atoms with Crippen LogP contribution in [0.5, 0.6) is 0 Å². The number of thioether (sulfide) groups is 1. The summed E-state index contributed by atoms with van der Waals surface area (Å²) in [5, 5.41) is 12.4. The van der Waals surface area contributed by atoms with E-state index in [1.165, 1.54) is 17.3 Å². The van der Waals surface area contributed by atoms with Gasteiger partial charge in [-0.05, 0) is 24.8 Å². The van der Waals surface area contributed by atoms with Gasteiger partial charge in [0.2, 0.25) is 11.9 Å². The first kappa shape index (κ1) is 21.6. The van der Waals surface area contributed by atoms with E-state index in [0.29, 0.717) is 25.7 Å². The Morgan fingerprint density at radius 3 is 2.59 bits per heavy atom. The molecule has 0 aliphatic carbocycles. The van der Waals surface area contributed by atoms with Crippen molar-refractivity contribution < 1.29 is 9.53 Å². The molecule has 1 aromatic carbocycles. The summed E-state index contributed by atoms with van der Waals surface area (Å²) in [6.45, 7) is 10.8. The number of nitrogens with one attached hydrogen (secondary N) is 1. The van der Waals surface area contributed by atoms with E-state index in [4.69, 9.17) is 4.74 Å². The van der Waals surface area contributed by atoms with E-state index in [0.717, 1.165) is 37.2 Å². The number of hydrogen-bond acceptors (Lipinski definition) is 6. The van der Waals surface area contributed by atoms with Gasteiger partial charge in [-0.25, -0.2) is 0 Å². The average Bonchev–Trinajstić information content (AvgIpc) is 3.10. The highest BCUT2D eigenvalue weighted by Gasteiger charge is 2.24. The fraction of sp³-hybridized carbons (Fsp3) is 0.571. The first-order chi connectivity index (χ1) is 14.0. The van der Waals surface area contributed by atoms with E-state index >= 15 is 0 Å². The maximum absolute atomic E-state index is 12.6. The molecule has 1 saturated heterocycles. The fourth-order valence-corrected chi connectivity index (χ4v) is 4.10. The molecule has 1 N–H and O–H groups in total. The molecule has 8 heteroatoms. The number of carbonyl (C=O) groups excluding carboxylic acids is 1. The number of ether oxygens (including phenoxy) is 1. The number of nitrogens with zero attached hydrogens (tertiary/aromatic N) is 4. The van der Waals surface area contributed by atoms with Gasteiger partial charge in [-0.15, -0.1) is 10.2 Å². The lowest BCUT2D eigenvalue weighted by Crippen LogP contribution is -2.38. The summed E-state index contributed by atoms with van der Waals surface area (Å²) in [4.78, 5) is 14.8. The van der Waals surface area contributed by atoms with Crippen molar-refractivity contribution >= 4 is 23.6 Å². The number of rotatable bonds is 9. The standard InChI is InChI=1S/C21H31N5O2S/c1-16(2)15-26-20(25-11-13-28-14-12-25)23-24-21(26)29-17(3)19(27)22-10-9-18-7-5-4-6-8-18/h4-8,16-17H,9-15H2,1-3H3,(H,22,27)/t17-/m1/s1. The Kier molecular flexibility index (Phi) is 7.94. The Balaban J connectivity index is 1.60. The second-order valence-corrected chi connectivity index (χ2v) is 8.98. The van der Waals surface area contributed by atoms with Crippen LogP contribution in [0.4, 0.5) is 5.95 Å². The molecule has 158 valence electrons. The number of benzene rings is 1. The highest BCUT2D eigenvalue weighted by atomic mass is 32.2. The van der Waals surface area contributed by atoms with Gasteiger partial charge in [0, 0.05) is 26.2 Å². The van der Waals surface area contributed by atoms with Crippen molar-refractivity contribution in [3.63, 3.8) is 0 Å².